The molecule has 0 spiro atoms. The van der Waals surface area contributed by atoms with Crippen LogP contribution in [0.3, 0.4) is 0 Å². The van der Waals surface area contributed by atoms with E-state index in [1.807, 2.05) is 0 Å². The fraction of sp³-hybridized carbons (Fsp3) is 0.621. The first-order chi connectivity index (χ1) is 35.5. The van der Waals surface area contributed by atoms with Crippen LogP contribution in [0.2, 0.25) is 0 Å². The van der Waals surface area contributed by atoms with E-state index in [9.17, 15) is 14.4 Å². The van der Waals surface area contributed by atoms with Gasteiger partial charge in [0.1, 0.15) is 13.2 Å². The molecule has 0 radical (unpaired) electrons. The fourth-order valence-corrected chi connectivity index (χ4v) is 7.53. The first-order valence-electron chi connectivity index (χ1n) is 29.2. The van der Waals surface area contributed by atoms with Crippen molar-refractivity contribution in [1.82, 2.24) is 0 Å². The second-order valence-electron chi connectivity index (χ2n) is 18.8. The largest absolute Gasteiger partial charge is 0.462 e. The van der Waals surface area contributed by atoms with Gasteiger partial charge in [-0.2, -0.15) is 0 Å². The quantitative estimate of drug-likeness (QED) is 0.0261. The van der Waals surface area contributed by atoms with E-state index < -0.39 is 6.10 Å². The van der Waals surface area contributed by atoms with Crippen LogP contribution in [0.15, 0.2) is 134 Å². The van der Waals surface area contributed by atoms with E-state index in [1.54, 1.807) is 0 Å². The monoisotopic (exact) mass is 995 g/mol. The molecule has 0 aromatic heterocycles. The van der Waals surface area contributed by atoms with Crippen molar-refractivity contribution in [3.63, 3.8) is 0 Å². The number of carbonyl (C=O) groups excluding carboxylic acids is 3. The molecule has 6 heteroatoms. The highest BCUT2D eigenvalue weighted by molar-refractivity contribution is 5.71. The van der Waals surface area contributed by atoms with E-state index >= 15 is 0 Å². The van der Waals surface area contributed by atoms with Gasteiger partial charge in [0.15, 0.2) is 6.10 Å². The molecule has 0 heterocycles. The van der Waals surface area contributed by atoms with E-state index in [0.717, 1.165) is 116 Å². The number of ether oxygens (including phenoxy) is 3. The van der Waals surface area contributed by atoms with E-state index in [-0.39, 0.29) is 37.5 Å². The van der Waals surface area contributed by atoms with Crippen LogP contribution >= 0.6 is 0 Å². The minimum absolute atomic E-state index is 0.102. The lowest BCUT2D eigenvalue weighted by Crippen LogP contribution is -2.30. The summed E-state index contributed by atoms with van der Waals surface area (Å²) in [6, 6.07) is 0. The summed E-state index contributed by atoms with van der Waals surface area (Å²) < 4.78 is 16.7. The Labute approximate surface area is 443 Å². The van der Waals surface area contributed by atoms with Crippen molar-refractivity contribution >= 4 is 17.9 Å². The number of hydrogen-bond acceptors (Lipinski definition) is 6. The molecule has 6 nitrogen and oxygen atoms in total. The first kappa shape index (κ1) is 67.5. The third kappa shape index (κ3) is 56.5. The molecule has 0 saturated carbocycles. The fourth-order valence-electron chi connectivity index (χ4n) is 7.53. The molecular formula is C66H106O6. The second-order valence-corrected chi connectivity index (χ2v) is 18.8. The van der Waals surface area contributed by atoms with Gasteiger partial charge >= 0.3 is 17.9 Å². The molecule has 0 aromatic rings. The van der Waals surface area contributed by atoms with Gasteiger partial charge in [0.2, 0.25) is 0 Å². The molecule has 0 aliphatic rings. The molecular weight excluding hydrogens is 889 g/mol. The summed E-state index contributed by atoms with van der Waals surface area (Å²) in [6.07, 6.45) is 83.3. The van der Waals surface area contributed by atoms with Crippen molar-refractivity contribution in [1.29, 1.82) is 0 Å². The summed E-state index contributed by atoms with van der Waals surface area (Å²) >= 11 is 0. The molecule has 0 bridgehead atoms. The molecule has 0 N–H and O–H groups in total. The highest BCUT2D eigenvalue weighted by atomic mass is 16.6. The minimum Gasteiger partial charge on any atom is -0.462 e. The zero-order chi connectivity index (χ0) is 52.2. The molecule has 0 aliphatic heterocycles. The number of esters is 3. The zero-order valence-electron chi connectivity index (χ0n) is 46.4. The van der Waals surface area contributed by atoms with Crippen LogP contribution in [0.5, 0.6) is 0 Å². The van der Waals surface area contributed by atoms with Gasteiger partial charge < -0.3 is 14.2 Å². The van der Waals surface area contributed by atoms with Gasteiger partial charge in [0.25, 0.3) is 0 Å². The van der Waals surface area contributed by atoms with Gasteiger partial charge in [-0.25, -0.2) is 0 Å². The third-order valence-corrected chi connectivity index (χ3v) is 11.9. The molecule has 0 aromatic carbocycles. The SMILES string of the molecule is CC/C=C\C/C=C\C/C=C\C/C=C\C/C=C\C/C=C\C/C=C\C/C=C\C/C=C\CCCC(=O)OCC(COC(=O)CCCCCCCCC)OC(=O)CCCCCCCCC/C=C\C/C=C\CCCCCC. The van der Waals surface area contributed by atoms with Crippen LogP contribution in [0.4, 0.5) is 0 Å². The Hall–Kier alpha value is -4.45. The maximum atomic E-state index is 12.8. The summed E-state index contributed by atoms with van der Waals surface area (Å²) in [6.45, 7) is 6.40. The molecule has 72 heavy (non-hydrogen) atoms. The maximum absolute atomic E-state index is 12.8. The van der Waals surface area contributed by atoms with Gasteiger partial charge in [0, 0.05) is 19.3 Å². The summed E-state index contributed by atoms with van der Waals surface area (Å²) in [5, 5.41) is 0. The molecule has 1 atom stereocenters. The highest BCUT2D eigenvalue weighted by Gasteiger charge is 2.19. The van der Waals surface area contributed by atoms with Crippen molar-refractivity contribution in [2.24, 2.45) is 0 Å². The first-order valence-corrected chi connectivity index (χ1v) is 29.2. The molecule has 1 unspecified atom stereocenters. The standard InChI is InChI=1S/C66H106O6/c1-4-7-10-13-16-18-20-22-24-26-28-29-30-31-32-33-34-35-36-37-38-40-41-43-45-47-50-53-56-59-65(68)71-62-63(61-70-64(67)58-55-52-49-15-12-9-6-3)72-66(69)60-57-54-51-48-46-44-42-39-27-25-23-21-19-17-14-11-8-5-2/h7,10,16,18-19,21-22,24-25,27-29,31-32,34-35,37-38,41,43,47,50,63H,4-6,8-9,11-15,17,20,23,26,30,33,36,39-40,42,44-46,48-49,51-62H2,1-3H3/b10-7-,18-16-,21-19-,24-22-,27-25-,29-28-,32-31-,35-34-,38-37-,43-41-,50-47-. The van der Waals surface area contributed by atoms with E-state index in [0.29, 0.717) is 19.3 Å². The molecule has 0 fully saturated rings. The van der Waals surface area contributed by atoms with Crippen molar-refractivity contribution in [3.05, 3.63) is 134 Å². The number of unbranched alkanes of at least 4 members (excludes halogenated alkanes) is 18. The predicted octanol–water partition coefficient (Wildman–Crippen LogP) is 19.8. The zero-order valence-corrected chi connectivity index (χ0v) is 46.4. The molecule has 0 amide bonds. The van der Waals surface area contributed by atoms with Crippen LogP contribution in [0, 0.1) is 0 Å². The Morgan fingerprint density at radius 3 is 0.917 bits per heavy atom. The van der Waals surface area contributed by atoms with Gasteiger partial charge in [-0.05, 0) is 116 Å². The van der Waals surface area contributed by atoms with Crippen molar-refractivity contribution in [2.75, 3.05) is 13.2 Å². The normalized spacial score (nSPS) is 13.1. The Morgan fingerprint density at radius 1 is 0.292 bits per heavy atom. The molecule has 0 saturated heterocycles. The predicted molar refractivity (Wildman–Crippen MR) is 311 cm³/mol. The van der Waals surface area contributed by atoms with Crippen LogP contribution < -0.4 is 0 Å². The number of hydrogen-bond donors (Lipinski definition) is 0. The Balaban J connectivity index is 4.33. The van der Waals surface area contributed by atoms with Crippen LogP contribution in [0.1, 0.15) is 245 Å². The summed E-state index contributed by atoms with van der Waals surface area (Å²) in [5.74, 6) is -0.984. The van der Waals surface area contributed by atoms with Crippen LogP contribution in [-0.2, 0) is 28.6 Å². The van der Waals surface area contributed by atoms with E-state index in [2.05, 4.69) is 154 Å². The number of rotatable bonds is 51. The Kier molecular flexibility index (Phi) is 55.5. The van der Waals surface area contributed by atoms with Crippen LogP contribution in [0.25, 0.3) is 0 Å². The minimum atomic E-state index is -0.807. The lowest BCUT2D eigenvalue weighted by Gasteiger charge is -2.18. The van der Waals surface area contributed by atoms with Gasteiger partial charge in [0.05, 0.1) is 0 Å². The third-order valence-electron chi connectivity index (χ3n) is 11.9. The van der Waals surface area contributed by atoms with Gasteiger partial charge in [-0.15, -0.1) is 0 Å². The Bertz CT molecular complexity index is 1560. The maximum Gasteiger partial charge on any atom is 0.306 e. The number of allylic oxidation sites excluding steroid dienone is 22. The summed E-state index contributed by atoms with van der Waals surface area (Å²) in [4.78, 5) is 37.9. The van der Waals surface area contributed by atoms with Crippen molar-refractivity contribution < 1.29 is 28.6 Å². The van der Waals surface area contributed by atoms with E-state index in [4.69, 9.17) is 14.2 Å². The smallest absolute Gasteiger partial charge is 0.306 e. The topological polar surface area (TPSA) is 78.9 Å². The Morgan fingerprint density at radius 2 is 0.556 bits per heavy atom. The average molecular weight is 996 g/mol. The summed E-state index contributed by atoms with van der Waals surface area (Å²) in [7, 11) is 0. The van der Waals surface area contributed by atoms with Crippen molar-refractivity contribution in [3.8, 4) is 0 Å². The van der Waals surface area contributed by atoms with E-state index in [1.165, 1.54) is 83.5 Å². The average Bonchev–Trinajstić information content (AvgIpc) is 3.38. The second kappa shape index (κ2) is 59.1. The summed E-state index contributed by atoms with van der Waals surface area (Å²) in [5.41, 5.74) is 0. The van der Waals surface area contributed by atoms with Gasteiger partial charge in [-0.1, -0.05) is 244 Å². The molecule has 0 rings (SSSR count). The molecule has 0 aliphatic carbocycles. The van der Waals surface area contributed by atoms with Crippen molar-refractivity contribution in [2.45, 2.75) is 252 Å². The highest BCUT2D eigenvalue weighted by Crippen LogP contribution is 2.13. The lowest BCUT2D eigenvalue weighted by molar-refractivity contribution is -0.167. The van der Waals surface area contributed by atoms with Gasteiger partial charge in [-0.3, -0.25) is 14.4 Å². The lowest BCUT2D eigenvalue weighted by atomic mass is 10.1. The molecule has 406 valence electrons. The number of carbonyl (C=O) groups is 3. The van der Waals surface area contributed by atoms with Crippen LogP contribution in [-0.4, -0.2) is 37.2 Å².